The zero-order chi connectivity index (χ0) is 24.4. The highest BCUT2D eigenvalue weighted by Gasteiger charge is 2.30. The molecular weight excluding hydrogens is 455 g/mol. The monoisotopic (exact) mass is 477 g/mol. The third-order valence-electron chi connectivity index (χ3n) is 6.02. The number of benzene rings is 2. The molecule has 0 spiro atoms. The van der Waals surface area contributed by atoms with E-state index in [0.717, 1.165) is 37.3 Å². The Kier molecular flexibility index (Phi) is 6.17. The first-order chi connectivity index (χ1) is 16.9. The minimum absolute atomic E-state index is 0.190. The van der Waals surface area contributed by atoms with Gasteiger partial charge in [0, 0.05) is 17.7 Å². The Balaban J connectivity index is 1.39. The number of rotatable bonds is 5. The van der Waals surface area contributed by atoms with Crippen LogP contribution in [0.5, 0.6) is 0 Å². The standard InChI is InChI=1S/C26H22F3N5O/c27-26(28,29)20-5-3-4-19(14-20)21-10-11-22-23(32-21)24(31-16-30-22)33-25(35)18-8-6-17(7-9-18)15-34-12-1-2-13-34/h3-11,14,16H,1-2,12-13,15H2,(H,30,31,33,35). The van der Waals surface area contributed by atoms with Gasteiger partial charge in [-0.25, -0.2) is 15.0 Å². The first-order valence-electron chi connectivity index (χ1n) is 11.3. The molecule has 5 rings (SSSR count). The lowest BCUT2D eigenvalue weighted by molar-refractivity contribution is -0.137. The van der Waals surface area contributed by atoms with Crippen LogP contribution in [0.15, 0.2) is 67.0 Å². The second-order valence-corrected chi connectivity index (χ2v) is 8.50. The lowest BCUT2D eigenvalue weighted by Gasteiger charge is -2.14. The summed E-state index contributed by atoms with van der Waals surface area (Å²) in [5, 5.41) is 2.77. The summed E-state index contributed by atoms with van der Waals surface area (Å²) in [6.07, 6.45) is -0.713. The molecule has 1 aliphatic heterocycles. The van der Waals surface area contributed by atoms with E-state index in [9.17, 15) is 18.0 Å². The van der Waals surface area contributed by atoms with E-state index in [4.69, 9.17) is 0 Å². The maximum absolute atomic E-state index is 13.1. The molecule has 3 heterocycles. The summed E-state index contributed by atoms with van der Waals surface area (Å²) in [6.45, 7) is 3.05. The van der Waals surface area contributed by atoms with Crippen molar-refractivity contribution in [1.82, 2.24) is 19.9 Å². The number of aromatic nitrogens is 3. The minimum atomic E-state index is -4.46. The number of hydrogen-bond acceptors (Lipinski definition) is 5. The summed E-state index contributed by atoms with van der Waals surface area (Å²) in [5.74, 6) is -0.168. The van der Waals surface area contributed by atoms with Crippen molar-refractivity contribution < 1.29 is 18.0 Å². The van der Waals surface area contributed by atoms with E-state index in [1.807, 2.05) is 12.1 Å². The molecule has 0 aliphatic carbocycles. The number of nitrogens with zero attached hydrogens (tertiary/aromatic N) is 4. The van der Waals surface area contributed by atoms with Gasteiger partial charge < -0.3 is 5.32 Å². The topological polar surface area (TPSA) is 71.0 Å². The second kappa shape index (κ2) is 9.42. The van der Waals surface area contributed by atoms with Gasteiger partial charge in [-0.1, -0.05) is 24.3 Å². The van der Waals surface area contributed by atoms with Gasteiger partial charge in [-0.05, 0) is 67.9 Å². The molecule has 0 unspecified atom stereocenters. The van der Waals surface area contributed by atoms with Gasteiger partial charge >= 0.3 is 6.18 Å². The number of carbonyl (C=O) groups excluding carboxylic acids is 1. The van der Waals surface area contributed by atoms with Crippen molar-refractivity contribution in [1.29, 1.82) is 0 Å². The van der Waals surface area contributed by atoms with E-state index in [1.54, 1.807) is 30.3 Å². The number of nitrogens with one attached hydrogen (secondary N) is 1. The number of pyridine rings is 1. The fraction of sp³-hybridized carbons (Fsp3) is 0.231. The summed E-state index contributed by atoms with van der Waals surface area (Å²) >= 11 is 0. The third-order valence-corrected chi connectivity index (χ3v) is 6.02. The SMILES string of the molecule is O=C(Nc1ncnc2ccc(-c3cccc(C(F)(F)F)c3)nc12)c1ccc(CN2CCCC2)cc1. The van der Waals surface area contributed by atoms with E-state index < -0.39 is 11.7 Å². The molecule has 0 atom stereocenters. The maximum Gasteiger partial charge on any atom is 0.416 e. The number of alkyl halides is 3. The molecule has 178 valence electrons. The highest BCUT2D eigenvalue weighted by molar-refractivity contribution is 6.07. The fourth-order valence-electron chi connectivity index (χ4n) is 4.19. The summed E-state index contributed by atoms with van der Waals surface area (Å²) in [7, 11) is 0. The molecule has 1 fully saturated rings. The minimum Gasteiger partial charge on any atom is -0.305 e. The normalized spacial score (nSPS) is 14.4. The van der Waals surface area contributed by atoms with Crippen LogP contribution < -0.4 is 5.32 Å². The molecule has 0 radical (unpaired) electrons. The average molecular weight is 477 g/mol. The molecule has 4 aromatic rings. The highest BCUT2D eigenvalue weighted by atomic mass is 19.4. The molecule has 1 N–H and O–H groups in total. The smallest absolute Gasteiger partial charge is 0.305 e. The quantitative estimate of drug-likeness (QED) is 0.408. The number of anilines is 1. The molecule has 9 heteroatoms. The van der Waals surface area contributed by atoms with Crippen LogP contribution in [0.4, 0.5) is 19.0 Å². The Labute approximate surface area is 199 Å². The molecule has 2 aromatic heterocycles. The molecule has 0 bridgehead atoms. The van der Waals surface area contributed by atoms with Gasteiger partial charge in [0.05, 0.1) is 16.8 Å². The number of hydrogen-bond donors (Lipinski definition) is 1. The number of carbonyl (C=O) groups is 1. The Morgan fingerprint density at radius 2 is 1.74 bits per heavy atom. The van der Waals surface area contributed by atoms with Crippen molar-refractivity contribution in [2.45, 2.75) is 25.6 Å². The van der Waals surface area contributed by atoms with Crippen LogP contribution >= 0.6 is 0 Å². The van der Waals surface area contributed by atoms with Crippen molar-refractivity contribution in [2.75, 3.05) is 18.4 Å². The van der Waals surface area contributed by atoms with E-state index in [1.165, 1.54) is 25.2 Å². The fourth-order valence-corrected chi connectivity index (χ4v) is 4.19. The summed E-state index contributed by atoms with van der Waals surface area (Å²) < 4.78 is 39.4. The van der Waals surface area contributed by atoms with Crippen LogP contribution in [0.1, 0.15) is 34.3 Å². The zero-order valence-corrected chi connectivity index (χ0v) is 18.7. The van der Waals surface area contributed by atoms with E-state index >= 15 is 0 Å². The largest absolute Gasteiger partial charge is 0.416 e. The van der Waals surface area contributed by atoms with Crippen LogP contribution in [0, 0.1) is 0 Å². The summed E-state index contributed by atoms with van der Waals surface area (Å²) in [4.78, 5) is 28.1. The molecule has 2 aromatic carbocycles. The molecule has 1 amide bonds. The van der Waals surface area contributed by atoms with Crippen molar-refractivity contribution in [3.05, 3.63) is 83.7 Å². The Morgan fingerprint density at radius 1 is 0.971 bits per heavy atom. The van der Waals surface area contributed by atoms with Gasteiger partial charge in [-0.2, -0.15) is 13.2 Å². The molecule has 0 saturated carbocycles. The van der Waals surface area contributed by atoms with Crippen LogP contribution in [0.2, 0.25) is 0 Å². The number of likely N-dealkylation sites (tertiary alicyclic amines) is 1. The van der Waals surface area contributed by atoms with Crippen LogP contribution in [-0.4, -0.2) is 38.8 Å². The van der Waals surface area contributed by atoms with Gasteiger partial charge in [-0.3, -0.25) is 9.69 Å². The van der Waals surface area contributed by atoms with Crippen molar-refractivity contribution in [3.8, 4) is 11.3 Å². The van der Waals surface area contributed by atoms with Crippen LogP contribution in [0.25, 0.3) is 22.3 Å². The summed E-state index contributed by atoms with van der Waals surface area (Å²) in [5.41, 5.74) is 2.23. The predicted molar refractivity (Wildman–Crippen MR) is 127 cm³/mol. The lowest BCUT2D eigenvalue weighted by Crippen LogP contribution is -2.18. The Hall–Kier alpha value is -3.85. The molecule has 1 saturated heterocycles. The molecule has 6 nitrogen and oxygen atoms in total. The van der Waals surface area contributed by atoms with E-state index in [0.29, 0.717) is 27.9 Å². The first-order valence-corrected chi connectivity index (χ1v) is 11.3. The second-order valence-electron chi connectivity index (χ2n) is 8.50. The predicted octanol–water partition coefficient (Wildman–Crippen LogP) is 5.56. The number of amides is 1. The third kappa shape index (κ3) is 5.14. The number of fused-ring (bicyclic) bond motifs is 1. The van der Waals surface area contributed by atoms with Gasteiger partial charge in [-0.15, -0.1) is 0 Å². The average Bonchev–Trinajstić information content (AvgIpc) is 3.37. The van der Waals surface area contributed by atoms with Crippen LogP contribution in [0.3, 0.4) is 0 Å². The molecule has 1 aliphatic rings. The zero-order valence-electron chi connectivity index (χ0n) is 18.7. The van der Waals surface area contributed by atoms with E-state index in [2.05, 4.69) is 25.2 Å². The van der Waals surface area contributed by atoms with Gasteiger partial charge in [0.1, 0.15) is 11.8 Å². The summed E-state index contributed by atoms with van der Waals surface area (Å²) in [6, 6.07) is 15.6. The molecular formula is C26H22F3N5O. The Morgan fingerprint density at radius 3 is 2.49 bits per heavy atom. The maximum atomic E-state index is 13.1. The van der Waals surface area contributed by atoms with Crippen molar-refractivity contribution in [2.24, 2.45) is 0 Å². The van der Waals surface area contributed by atoms with E-state index in [-0.39, 0.29) is 11.7 Å². The lowest BCUT2D eigenvalue weighted by atomic mass is 10.1. The van der Waals surface area contributed by atoms with Gasteiger partial charge in [0.2, 0.25) is 0 Å². The van der Waals surface area contributed by atoms with Crippen molar-refractivity contribution in [3.63, 3.8) is 0 Å². The molecule has 35 heavy (non-hydrogen) atoms. The van der Waals surface area contributed by atoms with Crippen LogP contribution in [-0.2, 0) is 12.7 Å². The van der Waals surface area contributed by atoms with Crippen molar-refractivity contribution >= 4 is 22.8 Å². The Bertz CT molecular complexity index is 1370. The van der Waals surface area contributed by atoms with Gasteiger partial charge in [0.25, 0.3) is 5.91 Å². The highest BCUT2D eigenvalue weighted by Crippen LogP contribution is 2.32. The van der Waals surface area contributed by atoms with Gasteiger partial charge in [0.15, 0.2) is 5.82 Å². The first kappa shape index (κ1) is 22.9. The number of halogens is 3.